The van der Waals surface area contributed by atoms with Crippen LogP contribution in [0.15, 0.2) is 41.3 Å². The molecule has 2 N–H and O–H groups in total. The number of H-pyrrole nitrogens is 1. The van der Waals surface area contributed by atoms with Crippen LogP contribution in [0.5, 0.6) is 0 Å². The van der Waals surface area contributed by atoms with Gasteiger partial charge in [0.1, 0.15) is 0 Å². The first kappa shape index (κ1) is 18.4. The number of aromatic amines is 1. The number of sulfonamides is 1. The zero-order valence-corrected chi connectivity index (χ0v) is 15.8. The molecule has 0 saturated carbocycles. The van der Waals surface area contributed by atoms with E-state index in [-0.39, 0.29) is 5.56 Å². The Morgan fingerprint density at radius 2 is 1.89 bits per heavy atom. The fourth-order valence-electron chi connectivity index (χ4n) is 2.72. The monoisotopic (exact) mass is 383 g/mol. The third kappa shape index (κ3) is 3.75. The van der Waals surface area contributed by atoms with Gasteiger partial charge in [-0.3, -0.25) is 14.6 Å². The molecule has 0 aliphatic heterocycles. The van der Waals surface area contributed by atoms with Crippen molar-refractivity contribution in [3.05, 3.63) is 69.6 Å². The first-order valence-electron chi connectivity index (χ1n) is 7.94. The molecule has 0 unspecified atom stereocenters. The quantitative estimate of drug-likeness (QED) is 0.677. The summed E-state index contributed by atoms with van der Waals surface area (Å²) in [4.78, 5) is 20.4. The van der Waals surface area contributed by atoms with Crippen LogP contribution in [0.4, 0.5) is 11.4 Å². The minimum atomic E-state index is -3.42. The highest BCUT2D eigenvalue weighted by atomic mass is 32.2. The van der Waals surface area contributed by atoms with Crippen LogP contribution in [0.25, 0.3) is 21.8 Å². The maximum atomic E-state index is 12.9. The minimum Gasteiger partial charge on any atom is -0.293 e. The van der Waals surface area contributed by atoms with Crippen molar-refractivity contribution in [2.24, 2.45) is 0 Å². The van der Waals surface area contributed by atoms with Crippen molar-refractivity contribution in [3.8, 4) is 16.9 Å². The molecular weight excluding hydrogens is 366 g/mol. The third-order valence-corrected chi connectivity index (χ3v) is 4.57. The van der Waals surface area contributed by atoms with Gasteiger partial charge in [-0.15, -0.1) is 0 Å². The summed E-state index contributed by atoms with van der Waals surface area (Å²) in [6.45, 7) is 10.5. The SMILES string of the molecule is [C-]#[N+]c1ccc(-c2c(C)[nH]n(-c3cc(C)c(NS(C)(=O)=O)cn3)c2=O)cc1. The number of benzene rings is 1. The molecule has 0 fully saturated rings. The van der Waals surface area contributed by atoms with Gasteiger partial charge in [0.05, 0.1) is 30.3 Å². The predicted octanol–water partition coefficient (Wildman–Crippen LogP) is 2.77. The summed E-state index contributed by atoms with van der Waals surface area (Å²) in [5.41, 5.74) is 3.06. The molecule has 27 heavy (non-hydrogen) atoms. The second kappa shape index (κ2) is 6.74. The van der Waals surface area contributed by atoms with E-state index in [2.05, 4.69) is 19.6 Å². The number of rotatable bonds is 4. The standard InChI is InChI=1S/C18H17N5O3S/c1-11-9-16(20-10-15(11)22-27(4,25)26)23-18(24)17(12(2)21-23)13-5-7-14(19-3)8-6-13/h5-10,21-22H,1-2,4H3. The molecular formula is C18H17N5O3S. The van der Waals surface area contributed by atoms with Crippen molar-refractivity contribution >= 4 is 21.4 Å². The molecule has 0 spiro atoms. The van der Waals surface area contributed by atoms with Crippen molar-refractivity contribution in [1.29, 1.82) is 0 Å². The van der Waals surface area contributed by atoms with E-state index in [0.717, 1.165) is 6.26 Å². The molecule has 0 saturated heterocycles. The second-order valence-electron chi connectivity index (χ2n) is 6.14. The summed E-state index contributed by atoms with van der Waals surface area (Å²) < 4.78 is 26.5. The minimum absolute atomic E-state index is 0.279. The van der Waals surface area contributed by atoms with Crippen LogP contribution in [-0.2, 0) is 10.0 Å². The highest BCUT2D eigenvalue weighted by Crippen LogP contribution is 2.23. The molecule has 0 amide bonds. The molecule has 1 aromatic carbocycles. The van der Waals surface area contributed by atoms with Gasteiger partial charge in [-0.05, 0) is 31.0 Å². The maximum Gasteiger partial charge on any atom is 0.280 e. The number of hydrogen-bond donors (Lipinski definition) is 2. The molecule has 2 heterocycles. The Balaban J connectivity index is 2.05. The molecule has 0 bridgehead atoms. The van der Waals surface area contributed by atoms with Gasteiger partial charge in [0.25, 0.3) is 5.56 Å². The van der Waals surface area contributed by atoms with Crippen LogP contribution < -0.4 is 10.3 Å². The molecule has 0 aliphatic rings. The Kier molecular flexibility index (Phi) is 4.59. The van der Waals surface area contributed by atoms with Crippen LogP contribution in [0.2, 0.25) is 0 Å². The highest BCUT2D eigenvalue weighted by Gasteiger charge is 2.16. The number of nitrogens with one attached hydrogen (secondary N) is 2. The number of aromatic nitrogens is 3. The van der Waals surface area contributed by atoms with Crippen molar-refractivity contribution < 1.29 is 8.42 Å². The van der Waals surface area contributed by atoms with Crippen LogP contribution in [-0.4, -0.2) is 29.4 Å². The van der Waals surface area contributed by atoms with Crippen molar-refractivity contribution in [1.82, 2.24) is 14.8 Å². The molecule has 8 nitrogen and oxygen atoms in total. The van der Waals surface area contributed by atoms with E-state index in [1.807, 2.05) is 0 Å². The summed E-state index contributed by atoms with van der Waals surface area (Å²) >= 11 is 0. The molecule has 2 aromatic heterocycles. The van der Waals surface area contributed by atoms with Crippen LogP contribution in [0, 0.1) is 20.4 Å². The van der Waals surface area contributed by atoms with Crippen LogP contribution >= 0.6 is 0 Å². The number of hydrogen-bond acceptors (Lipinski definition) is 4. The van der Waals surface area contributed by atoms with Gasteiger partial charge in [-0.1, -0.05) is 24.3 Å². The lowest BCUT2D eigenvalue weighted by atomic mass is 10.1. The molecule has 0 radical (unpaired) electrons. The number of pyridine rings is 1. The Hall–Kier alpha value is -3.38. The van der Waals surface area contributed by atoms with Gasteiger partial charge < -0.3 is 0 Å². The average molecular weight is 383 g/mol. The van der Waals surface area contributed by atoms with E-state index >= 15 is 0 Å². The van der Waals surface area contributed by atoms with Gasteiger partial charge in [0.2, 0.25) is 10.0 Å². The summed E-state index contributed by atoms with van der Waals surface area (Å²) in [5.74, 6) is 0.351. The molecule has 138 valence electrons. The number of aryl methyl sites for hydroxylation is 2. The maximum absolute atomic E-state index is 12.9. The summed E-state index contributed by atoms with van der Waals surface area (Å²) in [6.07, 6.45) is 2.43. The highest BCUT2D eigenvalue weighted by molar-refractivity contribution is 7.92. The van der Waals surface area contributed by atoms with Crippen LogP contribution in [0.1, 0.15) is 11.3 Å². The Labute approximate surface area is 156 Å². The summed E-state index contributed by atoms with van der Waals surface area (Å²) in [6, 6.07) is 8.40. The van der Waals surface area contributed by atoms with E-state index in [1.54, 1.807) is 44.2 Å². The molecule has 0 aliphatic carbocycles. The van der Waals surface area contributed by atoms with E-state index in [4.69, 9.17) is 6.57 Å². The number of anilines is 1. The van der Waals surface area contributed by atoms with E-state index in [0.29, 0.717) is 39.6 Å². The summed E-state index contributed by atoms with van der Waals surface area (Å²) in [7, 11) is -3.42. The lowest BCUT2D eigenvalue weighted by Crippen LogP contribution is -2.18. The van der Waals surface area contributed by atoms with Crippen molar-refractivity contribution in [2.75, 3.05) is 11.0 Å². The van der Waals surface area contributed by atoms with Crippen molar-refractivity contribution in [3.63, 3.8) is 0 Å². The predicted molar refractivity (Wildman–Crippen MR) is 104 cm³/mol. The average Bonchev–Trinajstić information content (AvgIpc) is 2.90. The van der Waals surface area contributed by atoms with Gasteiger partial charge >= 0.3 is 0 Å². The third-order valence-electron chi connectivity index (χ3n) is 3.98. The molecule has 9 heteroatoms. The first-order chi connectivity index (χ1) is 12.7. The Morgan fingerprint density at radius 1 is 1.22 bits per heavy atom. The van der Waals surface area contributed by atoms with E-state index in [1.165, 1.54) is 10.9 Å². The van der Waals surface area contributed by atoms with E-state index < -0.39 is 10.0 Å². The smallest absolute Gasteiger partial charge is 0.280 e. The molecule has 3 rings (SSSR count). The van der Waals surface area contributed by atoms with Gasteiger partial charge in [0.15, 0.2) is 11.5 Å². The van der Waals surface area contributed by atoms with Crippen molar-refractivity contribution in [2.45, 2.75) is 13.8 Å². The lowest BCUT2D eigenvalue weighted by Gasteiger charge is -2.09. The fraction of sp³-hybridized carbons (Fsp3) is 0.167. The Bertz CT molecular complexity index is 1220. The molecule has 3 aromatic rings. The zero-order valence-electron chi connectivity index (χ0n) is 14.9. The number of nitrogens with zero attached hydrogens (tertiary/aromatic N) is 3. The van der Waals surface area contributed by atoms with Gasteiger partial charge in [-0.2, -0.15) is 0 Å². The topological polar surface area (TPSA) is 101 Å². The zero-order chi connectivity index (χ0) is 19.8. The van der Waals surface area contributed by atoms with Gasteiger partial charge in [0, 0.05) is 5.69 Å². The van der Waals surface area contributed by atoms with E-state index in [9.17, 15) is 13.2 Å². The first-order valence-corrected chi connectivity index (χ1v) is 9.83. The second-order valence-corrected chi connectivity index (χ2v) is 7.89. The lowest BCUT2D eigenvalue weighted by molar-refractivity contribution is 0.606. The molecule has 0 atom stereocenters. The van der Waals surface area contributed by atoms with Crippen LogP contribution in [0.3, 0.4) is 0 Å². The normalized spacial score (nSPS) is 11.2. The van der Waals surface area contributed by atoms with Gasteiger partial charge in [-0.25, -0.2) is 22.9 Å². The largest absolute Gasteiger partial charge is 0.293 e. The summed E-state index contributed by atoms with van der Waals surface area (Å²) in [5, 5.41) is 2.99. The fourth-order valence-corrected chi connectivity index (χ4v) is 3.33. The Morgan fingerprint density at radius 3 is 2.44 bits per heavy atom.